The van der Waals surface area contributed by atoms with Crippen LogP contribution in [0.2, 0.25) is 0 Å². The summed E-state index contributed by atoms with van der Waals surface area (Å²) in [5.41, 5.74) is 1.34. The van der Waals surface area contributed by atoms with E-state index in [2.05, 4.69) is 9.97 Å². The number of aromatic nitrogens is 2. The molecule has 6 heteroatoms. The van der Waals surface area contributed by atoms with Crippen molar-refractivity contribution in [3.05, 3.63) is 47.2 Å². The van der Waals surface area contributed by atoms with E-state index in [9.17, 15) is 9.18 Å². The lowest BCUT2D eigenvalue weighted by atomic mass is 10.2. The Morgan fingerprint density at radius 2 is 1.73 bits per heavy atom. The van der Waals surface area contributed by atoms with Crippen molar-refractivity contribution >= 4 is 29.3 Å². The van der Waals surface area contributed by atoms with Crippen LogP contribution in [0.15, 0.2) is 34.2 Å². The fraction of sp³-hybridized carbons (Fsp3) is 0.312. The van der Waals surface area contributed by atoms with Crippen LogP contribution in [0, 0.1) is 19.7 Å². The maximum Gasteiger partial charge on any atom is 0.164 e. The highest BCUT2D eigenvalue weighted by atomic mass is 32.2. The first-order valence-electron chi connectivity index (χ1n) is 6.84. The van der Waals surface area contributed by atoms with Crippen molar-refractivity contribution in [2.24, 2.45) is 0 Å². The van der Waals surface area contributed by atoms with Gasteiger partial charge in [0.2, 0.25) is 0 Å². The van der Waals surface area contributed by atoms with Crippen LogP contribution in [-0.2, 0) is 0 Å². The van der Waals surface area contributed by atoms with Crippen LogP contribution in [0.4, 0.5) is 4.39 Å². The Bertz CT molecular complexity index is 675. The summed E-state index contributed by atoms with van der Waals surface area (Å²) in [5, 5.41) is 0.747. The highest BCUT2D eigenvalue weighted by molar-refractivity contribution is 8.03. The standard InChI is InChI=1S/C16H17FN2OS2/c1-10-15(11(2)20)16(19-12(3)18-10)22-9-8-21-14-6-4-13(17)5-7-14/h4-7H,8-9H2,1-3H3. The van der Waals surface area contributed by atoms with E-state index in [1.807, 2.05) is 13.8 Å². The zero-order valence-electron chi connectivity index (χ0n) is 12.7. The van der Waals surface area contributed by atoms with Crippen LogP contribution in [0.5, 0.6) is 0 Å². The molecule has 0 saturated heterocycles. The molecule has 0 N–H and O–H groups in total. The normalized spacial score (nSPS) is 10.7. The fourth-order valence-corrected chi connectivity index (χ4v) is 4.08. The lowest BCUT2D eigenvalue weighted by Crippen LogP contribution is -2.06. The summed E-state index contributed by atoms with van der Waals surface area (Å²) in [5.74, 6) is 2.12. The summed E-state index contributed by atoms with van der Waals surface area (Å²) in [6.45, 7) is 5.20. The van der Waals surface area contributed by atoms with E-state index in [4.69, 9.17) is 0 Å². The minimum Gasteiger partial charge on any atom is -0.294 e. The number of carbonyl (C=O) groups excluding carboxylic acids is 1. The quantitative estimate of drug-likeness (QED) is 0.340. The highest BCUT2D eigenvalue weighted by Gasteiger charge is 2.14. The number of hydrogen-bond donors (Lipinski definition) is 0. The van der Waals surface area contributed by atoms with E-state index in [0.29, 0.717) is 11.4 Å². The van der Waals surface area contributed by atoms with Gasteiger partial charge in [-0.1, -0.05) is 0 Å². The van der Waals surface area contributed by atoms with E-state index >= 15 is 0 Å². The molecule has 0 spiro atoms. The van der Waals surface area contributed by atoms with Gasteiger partial charge >= 0.3 is 0 Å². The van der Waals surface area contributed by atoms with Crippen LogP contribution in [0.3, 0.4) is 0 Å². The minimum absolute atomic E-state index is 0.00816. The van der Waals surface area contributed by atoms with E-state index < -0.39 is 0 Å². The van der Waals surface area contributed by atoms with Gasteiger partial charge < -0.3 is 0 Å². The number of nitrogens with zero attached hydrogens (tertiary/aromatic N) is 2. The molecule has 2 rings (SSSR count). The molecule has 0 amide bonds. The third-order valence-corrected chi connectivity index (χ3v) is 5.17. The van der Waals surface area contributed by atoms with Crippen molar-refractivity contribution in [1.82, 2.24) is 9.97 Å². The maximum absolute atomic E-state index is 12.8. The number of rotatable bonds is 6. The highest BCUT2D eigenvalue weighted by Crippen LogP contribution is 2.26. The number of thioether (sulfide) groups is 2. The lowest BCUT2D eigenvalue weighted by Gasteiger charge is -2.09. The molecular formula is C16H17FN2OS2. The number of carbonyl (C=O) groups is 1. The van der Waals surface area contributed by atoms with Crippen LogP contribution in [-0.4, -0.2) is 27.3 Å². The molecule has 0 aliphatic rings. The summed E-state index contributed by atoms with van der Waals surface area (Å²) in [6, 6.07) is 6.45. The van der Waals surface area contributed by atoms with E-state index in [1.54, 1.807) is 42.6 Å². The number of hydrogen-bond acceptors (Lipinski definition) is 5. The molecule has 0 unspecified atom stereocenters. The zero-order valence-corrected chi connectivity index (χ0v) is 14.4. The average Bonchev–Trinajstić information content (AvgIpc) is 2.44. The van der Waals surface area contributed by atoms with Gasteiger partial charge in [0.15, 0.2) is 5.78 Å². The van der Waals surface area contributed by atoms with Gasteiger partial charge in [0.1, 0.15) is 16.7 Å². The predicted octanol–water partition coefficient (Wildman–Crippen LogP) is 4.32. The van der Waals surface area contributed by atoms with Crippen molar-refractivity contribution in [3.8, 4) is 0 Å². The molecular weight excluding hydrogens is 319 g/mol. The largest absolute Gasteiger partial charge is 0.294 e. The van der Waals surface area contributed by atoms with Gasteiger partial charge in [-0.25, -0.2) is 14.4 Å². The molecule has 3 nitrogen and oxygen atoms in total. The first-order valence-corrected chi connectivity index (χ1v) is 8.82. The Kier molecular flexibility index (Phi) is 5.97. The van der Waals surface area contributed by atoms with Crippen LogP contribution < -0.4 is 0 Å². The van der Waals surface area contributed by atoms with Gasteiger partial charge in [-0.2, -0.15) is 0 Å². The lowest BCUT2D eigenvalue weighted by molar-refractivity contribution is 0.101. The van der Waals surface area contributed by atoms with Crippen molar-refractivity contribution in [1.29, 1.82) is 0 Å². The van der Waals surface area contributed by atoms with Crippen molar-refractivity contribution in [3.63, 3.8) is 0 Å². The smallest absolute Gasteiger partial charge is 0.164 e. The molecule has 116 valence electrons. The van der Waals surface area contributed by atoms with Gasteiger partial charge in [0.25, 0.3) is 0 Å². The molecule has 0 fully saturated rings. The first-order chi connectivity index (χ1) is 10.5. The predicted molar refractivity (Wildman–Crippen MR) is 89.4 cm³/mol. The topological polar surface area (TPSA) is 42.9 Å². The van der Waals surface area contributed by atoms with Gasteiger partial charge in [0, 0.05) is 16.4 Å². The van der Waals surface area contributed by atoms with Gasteiger partial charge in [-0.3, -0.25) is 4.79 Å². The summed E-state index contributed by atoms with van der Waals surface area (Å²) < 4.78 is 12.8. The average molecular weight is 336 g/mol. The molecule has 22 heavy (non-hydrogen) atoms. The van der Waals surface area contributed by atoms with Crippen molar-refractivity contribution < 1.29 is 9.18 Å². The Morgan fingerprint density at radius 1 is 1.09 bits per heavy atom. The molecule has 0 radical (unpaired) electrons. The van der Waals surface area contributed by atoms with Gasteiger partial charge in [0.05, 0.1) is 11.3 Å². The molecule has 0 saturated carbocycles. The maximum atomic E-state index is 12.8. The van der Waals surface area contributed by atoms with E-state index in [1.165, 1.54) is 12.1 Å². The summed E-state index contributed by atoms with van der Waals surface area (Å²) in [4.78, 5) is 21.4. The number of aryl methyl sites for hydroxylation is 2. The van der Waals surface area contributed by atoms with Crippen LogP contribution in [0.25, 0.3) is 0 Å². The molecule has 0 aliphatic heterocycles. The SMILES string of the molecule is CC(=O)c1c(C)nc(C)nc1SCCSc1ccc(F)cc1. The Balaban J connectivity index is 1.97. The first kappa shape index (κ1) is 17.0. The molecule has 1 aromatic carbocycles. The Morgan fingerprint density at radius 3 is 2.36 bits per heavy atom. The molecule has 1 aromatic heterocycles. The number of benzene rings is 1. The monoisotopic (exact) mass is 336 g/mol. The van der Waals surface area contributed by atoms with Crippen LogP contribution >= 0.6 is 23.5 Å². The number of Topliss-reactive ketones (excluding diaryl/α,β-unsaturated/α-hetero) is 1. The fourth-order valence-electron chi connectivity index (χ4n) is 2.02. The molecule has 1 heterocycles. The van der Waals surface area contributed by atoms with E-state index in [0.717, 1.165) is 27.1 Å². The number of ketones is 1. The van der Waals surface area contributed by atoms with Crippen LogP contribution in [0.1, 0.15) is 28.8 Å². The van der Waals surface area contributed by atoms with Crippen molar-refractivity contribution in [2.45, 2.75) is 30.7 Å². The molecule has 2 aromatic rings. The number of halogens is 1. The second-order valence-electron chi connectivity index (χ2n) is 4.74. The molecule has 0 atom stereocenters. The Hall–Kier alpha value is -1.40. The zero-order chi connectivity index (χ0) is 16.1. The summed E-state index contributed by atoms with van der Waals surface area (Å²) >= 11 is 3.21. The Labute approximate surface area is 138 Å². The second kappa shape index (κ2) is 7.74. The van der Waals surface area contributed by atoms with Gasteiger partial charge in [-0.15, -0.1) is 23.5 Å². The van der Waals surface area contributed by atoms with Crippen molar-refractivity contribution in [2.75, 3.05) is 11.5 Å². The van der Waals surface area contributed by atoms with Gasteiger partial charge in [-0.05, 0) is 45.0 Å². The van der Waals surface area contributed by atoms with E-state index in [-0.39, 0.29) is 11.6 Å². The summed E-state index contributed by atoms with van der Waals surface area (Å²) in [6.07, 6.45) is 0. The third kappa shape index (κ3) is 4.55. The summed E-state index contributed by atoms with van der Waals surface area (Å²) in [7, 11) is 0. The molecule has 0 aliphatic carbocycles. The second-order valence-corrected chi connectivity index (χ2v) is 7.00. The third-order valence-electron chi connectivity index (χ3n) is 2.93. The minimum atomic E-state index is -0.225. The molecule has 0 bridgehead atoms.